The molecule has 2 N–H and O–H groups in total. The van der Waals surface area contributed by atoms with Gasteiger partial charge >= 0.3 is 0 Å². The second-order valence-corrected chi connectivity index (χ2v) is 6.51. The minimum Gasteiger partial charge on any atom is -0.503 e. The number of methoxy groups -OCH3 is 3. The Morgan fingerprint density at radius 3 is 2.48 bits per heavy atom. The number of carbonyl (C=O) groups is 1. The molecule has 1 aliphatic rings. The van der Waals surface area contributed by atoms with E-state index in [1.54, 1.807) is 32.4 Å². The summed E-state index contributed by atoms with van der Waals surface area (Å²) in [6, 6.07) is 7.12. The first-order chi connectivity index (χ1) is 13.0. The Bertz CT molecular complexity index is 902. The molecule has 2 aromatic carbocycles. The highest BCUT2D eigenvalue weighted by Gasteiger charge is 2.24. The van der Waals surface area contributed by atoms with Crippen LogP contribution in [0.15, 0.2) is 34.2 Å². The van der Waals surface area contributed by atoms with Crippen molar-refractivity contribution >= 4 is 29.1 Å². The zero-order chi connectivity index (χ0) is 19.6. The van der Waals surface area contributed by atoms with Crippen molar-refractivity contribution in [3.8, 4) is 23.0 Å². The van der Waals surface area contributed by atoms with Gasteiger partial charge in [-0.15, -0.1) is 11.8 Å². The fraction of sp³-hybridized carbons (Fsp3) is 0.263. The number of nitrogens with zero attached hydrogens (tertiary/aromatic N) is 1. The Morgan fingerprint density at radius 2 is 1.85 bits per heavy atom. The predicted octanol–water partition coefficient (Wildman–Crippen LogP) is 2.93. The number of rotatable bonds is 5. The average molecular weight is 388 g/mol. The third kappa shape index (κ3) is 3.40. The lowest BCUT2D eigenvalue weighted by molar-refractivity contribution is -0.114. The minimum absolute atomic E-state index is 0.0608. The van der Waals surface area contributed by atoms with Crippen molar-refractivity contribution in [1.82, 2.24) is 0 Å². The predicted molar refractivity (Wildman–Crippen MR) is 105 cm³/mol. The highest BCUT2D eigenvalue weighted by Crippen LogP contribution is 2.42. The molecule has 1 aliphatic heterocycles. The number of fused-ring (bicyclic) bond motifs is 1. The van der Waals surface area contributed by atoms with Crippen molar-refractivity contribution in [3.63, 3.8) is 0 Å². The van der Waals surface area contributed by atoms with Crippen LogP contribution in [0.4, 0.5) is 5.69 Å². The van der Waals surface area contributed by atoms with Gasteiger partial charge in [0.2, 0.25) is 5.91 Å². The number of benzodiazepines with no additional fused rings is 1. The van der Waals surface area contributed by atoms with Gasteiger partial charge in [-0.2, -0.15) is 0 Å². The number of hydrogen-bond acceptors (Lipinski definition) is 7. The summed E-state index contributed by atoms with van der Waals surface area (Å²) in [5.74, 6) is 1.01. The molecule has 8 heteroatoms. The first kappa shape index (κ1) is 18.9. The monoisotopic (exact) mass is 388 g/mol. The molecule has 7 nitrogen and oxygen atoms in total. The van der Waals surface area contributed by atoms with Crippen molar-refractivity contribution in [2.75, 3.05) is 39.4 Å². The van der Waals surface area contributed by atoms with Gasteiger partial charge in [-0.05, 0) is 30.5 Å². The molecule has 0 aliphatic carbocycles. The molecule has 0 radical (unpaired) electrons. The molecule has 0 atom stereocenters. The van der Waals surface area contributed by atoms with Gasteiger partial charge in [0.15, 0.2) is 23.0 Å². The quantitative estimate of drug-likeness (QED) is 0.605. The Balaban J connectivity index is 2.24. The van der Waals surface area contributed by atoms with E-state index in [1.807, 2.05) is 12.3 Å². The molecule has 142 valence electrons. The molecule has 0 bridgehead atoms. The number of thioether (sulfide) groups is 1. The number of ether oxygens (including phenoxy) is 3. The van der Waals surface area contributed by atoms with Crippen molar-refractivity contribution in [2.24, 2.45) is 4.99 Å². The van der Waals surface area contributed by atoms with Crippen LogP contribution in [0, 0.1) is 0 Å². The van der Waals surface area contributed by atoms with Crippen LogP contribution < -0.4 is 19.5 Å². The molecule has 3 rings (SSSR count). The largest absolute Gasteiger partial charge is 0.503 e. The maximum Gasteiger partial charge on any atom is 0.246 e. The number of hydrogen-bond donors (Lipinski definition) is 2. The van der Waals surface area contributed by atoms with Gasteiger partial charge in [-0.25, -0.2) is 0 Å². The van der Waals surface area contributed by atoms with E-state index in [4.69, 9.17) is 14.2 Å². The average Bonchev–Trinajstić information content (AvgIpc) is 2.86. The Labute approximate surface area is 161 Å². The molecule has 2 aromatic rings. The van der Waals surface area contributed by atoms with E-state index in [1.165, 1.54) is 18.9 Å². The molecular formula is C19H20N2O5S. The van der Waals surface area contributed by atoms with E-state index in [9.17, 15) is 9.90 Å². The first-order valence-electron chi connectivity index (χ1n) is 8.09. The summed E-state index contributed by atoms with van der Waals surface area (Å²) in [6.07, 6.45) is 1.94. The van der Waals surface area contributed by atoms with Gasteiger partial charge in [0.05, 0.1) is 37.6 Å². The normalized spacial score (nSPS) is 13.2. The minimum atomic E-state index is -0.319. The number of phenolic OH excluding ortho intramolecular Hbond substituents is 1. The lowest BCUT2D eigenvalue weighted by Crippen LogP contribution is -2.13. The fourth-order valence-corrected chi connectivity index (χ4v) is 3.55. The van der Waals surface area contributed by atoms with Crippen molar-refractivity contribution in [3.05, 3.63) is 35.4 Å². The first-order valence-corrected chi connectivity index (χ1v) is 9.31. The molecule has 0 spiro atoms. The van der Waals surface area contributed by atoms with Crippen LogP contribution in [0.5, 0.6) is 23.0 Å². The van der Waals surface area contributed by atoms with Crippen LogP contribution in [0.2, 0.25) is 0 Å². The van der Waals surface area contributed by atoms with Crippen LogP contribution in [-0.4, -0.2) is 50.9 Å². The van der Waals surface area contributed by atoms with Crippen LogP contribution >= 0.6 is 11.8 Å². The maximum atomic E-state index is 12.1. The van der Waals surface area contributed by atoms with Crippen LogP contribution in [0.3, 0.4) is 0 Å². The molecule has 0 unspecified atom stereocenters. The number of nitrogens with one attached hydrogen (secondary N) is 1. The molecule has 0 aromatic heterocycles. The van der Waals surface area contributed by atoms with Gasteiger partial charge in [0, 0.05) is 11.1 Å². The van der Waals surface area contributed by atoms with Crippen LogP contribution in [0.1, 0.15) is 11.1 Å². The van der Waals surface area contributed by atoms with E-state index < -0.39 is 0 Å². The third-order valence-electron chi connectivity index (χ3n) is 4.20. The smallest absolute Gasteiger partial charge is 0.246 e. The summed E-state index contributed by atoms with van der Waals surface area (Å²) >= 11 is 1.51. The van der Waals surface area contributed by atoms with Gasteiger partial charge in [-0.1, -0.05) is 0 Å². The SMILES string of the molecule is COc1ccc2c(c1O)NC(=O)CN=C2c1cc(OC)c(OC)c(SC)c1. The van der Waals surface area contributed by atoms with Crippen molar-refractivity contribution < 1.29 is 24.1 Å². The van der Waals surface area contributed by atoms with Crippen LogP contribution in [-0.2, 0) is 4.79 Å². The maximum absolute atomic E-state index is 12.1. The van der Waals surface area contributed by atoms with E-state index in [2.05, 4.69) is 10.3 Å². The highest BCUT2D eigenvalue weighted by molar-refractivity contribution is 7.98. The third-order valence-corrected chi connectivity index (χ3v) is 4.94. The zero-order valence-corrected chi connectivity index (χ0v) is 16.3. The molecular weight excluding hydrogens is 368 g/mol. The molecule has 1 heterocycles. The Hall–Kier alpha value is -2.87. The zero-order valence-electron chi connectivity index (χ0n) is 15.5. The molecule has 0 fully saturated rings. The van der Waals surface area contributed by atoms with E-state index >= 15 is 0 Å². The van der Waals surface area contributed by atoms with Gasteiger partial charge in [0.1, 0.15) is 6.54 Å². The van der Waals surface area contributed by atoms with E-state index in [0.29, 0.717) is 22.8 Å². The number of benzene rings is 2. The molecule has 0 saturated carbocycles. The highest BCUT2D eigenvalue weighted by atomic mass is 32.2. The van der Waals surface area contributed by atoms with Gasteiger partial charge in [-0.3, -0.25) is 9.79 Å². The summed E-state index contributed by atoms with van der Waals surface area (Å²) in [4.78, 5) is 17.4. The second kappa shape index (κ2) is 7.79. The van der Waals surface area contributed by atoms with Gasteiger partial charge in [0.25, 0.3) is 0 Å². The molecule has 1 amide bonds. The lowest BCUT2D eigenvalue weighted by Gasteiger charge is -2.17. The second-order valence-electron chi connectivity index (χ2n) is 5.67. The van der Waals surface area contributed by atoms with Crippen molar-refractivity contribution in [1.29, 1.82) is 0 Å². The van der Waals surface area contributed by atoms with Crippen LogP contribution in [0.25, 0.3) is 0 Å². The summed E-state index contributed by atoms with van der Waals surface area (Å²) < 4.78 is 16.1. The Morgan fingerprint density at radius 1 is 1.11 bits per heavy atom. The number of aliphatic imine (C=N–C) groups is 1. The standard InChI is InChI=1S/C19H20N2O5S/c1-24-12-6-5-11-16(20-9-15(22)21-17(11)18(12)23)10-7-13(25-2)19(26-3)14(8-10)27-4/h5-8,23H,9H2,1-4H3,(H,21,22). The van der Waals surface area contributed by atoms with E-state index in [0.717, 1.165) is 10.5 Å². The number of amides is 1. The summed E-state index contributed by atoms with van der Waals surface area (Å²) in [7, 11) is 4.60. The summed E-state index contributed by atoms with van der Waals surface area (Å²) in [5, 5.41) is 13.2. The number of anilines is 1. The lowest BCUT2D eigenvalue weighted by atomic mass is 9.99. The number of aromatic hydroxyl groups is 1. The number of carbonyl (C=O) groups excluding carboxylic acids is 1. The summed E-state index contributed by atoms with van der Waals surface area (Å²) in [6.45, 7) is -0.0608. The molecule has 0 saturated heterocycles. The summed E-state index contributed by atoms with van der Waals surface area (Å²) in [5.41, 5.74) is 2.19. The fourth-order valence-electron chi connectivity index (χ4n) is 2.94. The molecule has 27 heavy (non-hydrogen) atoms. The van der Waals surface area contributed by atoms with E-state index in [-0.39, 0.29) is 29.6 Å². The number of phenols is 1. The topological polar surface area (TPSA) is 89.4 Å². The van der Waals surface area contributed by atoms with Crippen molar-refractivity contribution in [2.45, 2.75) is 4.90 Å². The Kier molecular flexibility index (Phi) is 5.46. The van der Waals surface area contributed by atoms with Gasteiger partial charge < -0.3 is 24.6 Å².